The number of carbonyl (C=O) groups is 3. The van der Waals surface area contributed by atoms with Crippen LogP contribution in [0.4, 0.5) is 0 Å². The van der Waals surface area contributed by atoms with Gasteiger partial charge >= 0.3 is 17.9 Å². The summed E-state index contributed by atoms with van der Waals surface area (Å²) in [6.07, 6.45) is 63.5. The van der Waals surface area contributed by atoms with Crippen molar-refractivity contribution in [3.05, 3.63) is 60.8 Å². The summed E-state index contributed by atoms with van der Waals surface area (Å²) in [7, 11) is 0. The minimum atomic E-state index is -0.792. The van der Waals surface area contributed by atoms with Crippen LogP contribution in [0.2, 0.25) is 0 Å². The van der Waals surface area contributed by atoms with Gasteiger partial charge in [0.05, 0.1) is 0 Å². The van der Waals surface area contributed by atoms with Crippen LogP contribution >= 0.6 is 0 Å². The van der Waals surface area contributed by atoms with Crippen LogP contribution in [0.25, 0.3) is 0 Å². The van der Waals surface area contributed by atoms with Crippen LogP contribution < -0.4 is 0 Å². The topological polar surface area (TPSA) is 78.9 Å². The molecule has 1 atom stereocenters. The van der Waals surface area contributed by atoms with E-state index in [0.717, 1.165) is 77.0 Å². The fourth-order valence-electron chi connectivity index (χ4n) is 7.54. The molecule has 364 valence electrons. The minimum Gasteiger partial charge on any atom is -0.462 e. The molecule has 0 aromatic rings. The van der Waals surface area contributed by atoms with Gasteiger partial charge in [-0.05, 0) is 57.8 Å². The van der Waals surface area contributed by atoms with Crippen molar-refractivity contribution in [3.63, 3.8) is 0 Å². The zero-order chi connectivity index (χ0) is 45.8. The van der Waals surface area contributed by atoms with E-state index in [-0.39, 0.29) is 37.5 Å². The van der Waals surface area contributed by atoms with Crippen molar-refractivity contribution < 1.29 is 28.6 Å². The second-order valence-electron chi connectivity index (χ2n) is 17.8. The quantitative estimate of drug-likeness (QED) is 0.0262. The lowest BCUT2D eigenvalue weighted by atomic mass is 10.0. The molecule has 0 bridgehead atoms. The van der Waals surface area contributed by atoms with E-state index in [1.54, 1.807) is 0 Å². The maximum Gasteiger partial charge on any atom is 0.306 e. The lowest BCUT2D eigenvalue weighted by Crippen LogP contribution is -2.30. The Hall–Kier alpha value is -2.89. The first kappa shape index (κ1) is 60.1. The Morgan fingerprint density at radius 2 is 0.619 bits per heavy atom. The van der Waals surface area contributed by atoms with E-state index in [1.807, 2.05) is 0 Å². The number of hydrogen-bond acceptors (Lipinski definition) is 6. The molecular weight excluding hydrogens is 781 g/mol. The van der Waals surface area contributed by atoms with Gasteiger partial charge in [-0.25, -0.2) is 0 Å². The molecule has 0 aromatic carbocycles. The van der Waals surface area contributed by atoms with Crippen LogP contribution in [0, 0.1) is 0 Å². The van der Waals surface area contributed by atoms with Gasteiger partial charge in [0.1, 0.15) is 13.2 Å². The zero-order valence-corrected chi connectivity index (χ0v) is 41.6. The van der Waals surface area contributed by atoms with E-state index in [9.17, 15) is 14.4 Å². The van der Waals surface area contributed by atoms with Gasteiger partial charge in [0.2, 0.25) is 0 Å². The number of hydrogen-bond donors (Lipinski definition) is 0. The van der Waals surface area contributed by atoms with Crippen LogP contribution in [-0.4, -0.2) is 37.2 Å². The Bertz CT molecular complexity index is 1150. The Morgan fingerprint density at radius 1 is 0.333 bits per heavy atom. The lowest BCUT2D eigenvalue weighted by molar-refractivity contribution is -0.167. The average molecular weight is 881 g/mol. The van der Waals surface area contributed by atoms with Crippen molar-refractivity contribution >= 4 is 17.9 Å². The van der Waals surface area contributed by atoms with Gasteiger partial charge in [0.25, 0.3) is 0 Å². The van der Waals surface area contributed by atoms with Crippen LogP contribution in [0.1, 0.15) is 265 Å². The number of allylic oxidation sites excluding steroid dienone is 10. The summed E-state index contributed by atoms with van der Waals surface area (Å²) in [5.41, 5.74) is 0. The Kier molecular flexibility index (Phi) is 49.4. The van der Waals surface area contributed by atoms with E-state index in [4.69, 9.17) is 14.2 Å². The van der Waals surface area contributed by atoms with Gasteiger partial charge in [0, 0.05) is 19.3 Å². The summed E-state index contributed by atoms with van der Waals surface area (Å²) >= 11 is 0. The molecule has 0 N–H and O–H groups in total. The maximum atomic E-state index is 12.8. The lowest BCUT2D eigenvalue weighted by Gasteiger charge is -2.18. The van der Waals surface area contributed by atoms with Gasteiger partial charge in [0.15, 0.2) is 6.10 Å². The van der Waals surface area contributed by atoms with Crippen molar-refractivity contribution in [1.29, 1.82) is 0 Å². The molecule has 0 unspecified atom stereocenters. The molecule has 0 spiro atoms. The number of ether oxygens (including phenoxy) is 3. The minimum absolute atomic E-state index is 0.0881. The molecule has 0 aliphatic heterocycles. The number of rotatable bonds is 48. The molecule has 6 nitrogen and oxygen atoms in total. The van der Waals surface area contributed by atoms with E-state index in [2.05, 4.69) is 81.5 Å². The second kappa shape index (κ2) is 51.7. The molecule has 0 heterocycles. The standard InChI is InChI=1S/C57H100O6/c1-4-7-10-13-16-19-22-25-28-29-30-33-35-38-41-44-47-50-56(59)62-53-54(63-57(60)51-48-45-42-39-36-32-27-24-21-18-15-12-9-6-3)52-61-55(58)49-46-43-40-37-34-31-26-23-20-17-14-11-8-5-2/h7,10,16,19,25,28,30,33,38,41,54H,4-6,8-9,11-15,17-18,20-24,26-27,29,31-32,34-37,39-40,42-53H2,1-3H3/b10-7+,19-16+,28-25+,33-30+,41-38+/t54-/m1/s1. The van der Waals surface area contributed by atoms with Gasteiger partial charge in [-0.15, -0.1) is 0 Å². The summed E-state index contributed by atoms with van der Waals surface area (Å²) in [6.45, 7) is 6.50. The number of esters is 3. The van der Waals surface area contributed by atoms with Crippen LogP contribution in [0.3, 0.4) is 0 Å². The molecule has 0 fully saturated rings. The summed E-state index contributed by atoms with van der Waals surface area (Å²) in [6, 6.07) is 0. The molecule has 63 heavy (non-hydrogen) atoms. The molecule has 0 rings (SSSR count). The van der Waals surface area contributed by atoms with Crippen molar-refractivity contribution in [2.75, 3.05) is 13.2 Å². The molecule has 0 aliphatic carbocycles. The fourth-order valence-corrected chi connectivity index (χ4v) is 7.54. The summed E-state index contributed by atoms with van der Waals surface area (Å²) in [4.78, 5) is 38.0. The van der Waals surface area contributed by atoms with Crippen molar-refractivity contribution in [1.82, 2.24) is 0 Å². The summed E-state index contributed by atoms with van der Waals surface area (Å²) in [5, 5.41) is 0. The monoisotopic (exact) mass is 881 g/mol. The maximum absolute atomic E-state index is 12.8. The van der Waals surface area contributed by atoms with Gasteiger partial charge in [-0.1, -0.05) is 248 Å². The fraction of sp³-hybridized carbons (Fsp3) is 0.772. The Labute approximate surface area is 390 Å². The predicted octanol–water partition coefficient (Wildman–Crippen LogP) is 17.6. The third-order valence-corrected chi connectivity index (χ3v) is 11.5. The van der Waals surface area contributed by atoms with Crippen LogP contribution in [-0.2, 0) is 28.6 Å². The van der Waals surface area contributed by atoms with Crippen molar-refractivity contribution in [2.24, 2.45) is 0 Å². The molecule has 0 saturated heterocycles. The first-order valence-corrected chi connectivity index (χ1v) is 26.8. The second-order valence-corrected chi connectivity index (χ2v) is 17.8. The van der Waals surface area contributed by atoms with Crippen molar-refractivity contribution in [3.8, 4) is 0 Å². The first-order chi connectivity index (χ1) is 31.0. The predicted molar refractivity (Wildman–Crippen MR) is 270 cm³/mol. The van der Waals surface area contributed by atoms with E-state index in [1.165, 1.54) is 141 Å². The Morgan fingerprint density at radius 3 is 0.968 bits per heavy atom. The van der Waals surface area contributed by atoms with E-state index in [0.29, 0.717) is 19.3 Å². The normalized spacial score (nSPS) is 12.5. The molecule has 0 saturated carbocycles. The zero-order valence-electron chi connectivity index (χ0n) is 41.6. The van der Waals surface area contributed by atoms with Crippen LogP contribution in [0.15, 0.2) is 60.8 Å². The van der Waals surface area contributed by atoms with E-state index < -0.39 is 6.10 Å². The molecule has 6 heteroatoms. The average Bonchev–Trinajstić information content (AvgIpc) is 3.28. The van der Waals surface area contributed by atoms with E-state index >= 15 is 0 Å². The summed E-state index contributed by atoms with van der Waals surface area (Å²) in [5.74, 6) is -0.939. The third kappa shape index (κ3) is 50.0. The molecule has 0 aromatic heterocycles. The highest BCUT2D eigenvalue weighted by atomic mass is 16.6. The summed E-state index contributed by atoms with van der Waals surface area (Å²) < 4.78 is 16.8. The van der Waals surface area contributed by atoms with Crippen LogP contribution in [0.5, 0.6) is 0 Å². The van der Waals surface area contributed by atoms with Gasteiger partial charge < -0.3 is 14.2 Å². The Balaban J connectivity index is 4.44. The number of unbranched alkanes of at least 4 members (excludes halogenated alkanes) is 27. The largest absolute Gasteiger partial charge is 0.462 e. The smallest absolute Gasteiger partial charge is 0.306 e. The highest BCUT2D eigenvalue weighted by Crippen LogP contribution is 2.16. The molecule has 0 aliphatic rings. The van der Waals surface area contributed by atoms with Gasteiger partial charge in [-0.2, -0.15) is 0 Å². The highest BCUT2D eigenvalue weighted by Gasteiger charge is 2.19. The van der Waals surface area contributed by atoms with Gasteiger partial charge in [-0.3, -0.25) is 14.4 Å². The SMILES string of the molecule is CC/C=C/C/C=C/C/C=C/C/C=C/C/C=C/CCCC(=O)OC[C@@H](COC(=O)CCCCCCCCCCCCCCCC)OC(=O)CCCCCCCCCCCCCCCC. The molecule has 0 amide bonds. The molecule has 0 radical (unpaired) electrons. The number of carbonyl (C=O) groups excluding carboxylic acids is 3. The highest BCUT2D eigenvalue weighted by molar-refractivity contribution is 5.71. The molecular formula is C57H100O6. The third-order valence-electron chi connectivity index (χ3n) is 11.5. The first-order valence-electron chi connectivity index (χ1n) is 26.8. The van der Waals surface area contributed by atoms with Crippen molar-refractivity contribution in [2.45, 2.75) is 271 Å².